The summed E-state index contributed by atoms with van der Waals surface area (Å²) in [7, 11) is 1.48. The van der Waals surface area contributed by atoms with Crippen LogP contribution in [0.2, 0.25) is 0 Å². The number of nitrogens with zero attached hydrogens (tertiary/aromatic N) is 6. The lowest BCUT2D eigenvalue weighted by Crippen LogP contribution is -2.37. The minimum atomic E-state index is -2.80. The highest BCUT2D eigenvalue weighted by Gasteiger charge is 2.29. The normalized spacial score (nSPS) is 18.6. The number of amides is 1. The summed E-state index contributed by atoms with van der Waals surface area (Å²) >= 11 is 0. The summed E-state index contributed by atoms with van der Waals surface area (Å²) in [5, 5.41) is 0. The molecule has 0 unspecified atom stereocenters. The molecule has 0 aliphatic carbocycles. The van der Waals surface area contributed by atoms with E-state index in [4.69, 9.17) is 14.2 Å². The fraction of sp³-hybridized carbons (Fsp3) is 0.478. The van der Waals surface area contributed by atoms with Crippen LogP contribution in [0.15, 0.2) is 30.3 Å². The summed E-state index contributed by atoms with van der Waals surface area (Å²) in [6.07, 6.45) is -2.47. The number of rotatable bonds is 7. The van der Waals surface area contributed by atoms with Gasteiger partial charge < -0.3 is 24.0 Å². The molecular formula is C23H26F2N6O4. The molecule has 4 heterocycles. The van der Waals surface area contributed by atoms with Crippen LogP contribution in [0.5, 0.6) is 5.88 Å². The van der Waals surface area contributed by atoms with Crippen LogP contribution < -0.4 is 9.64 Å². The van der Waals surface area contributed by atoms with E-state index in [9.17, 15) is 13.6 Å². The van der Waals surface area contributed by atoms with Crippen molar-refractivity contribution in [3.8, 4) is 11.7 Å². The number of fused-ring (bicyclic) bond motifs is 1. The maximum absolute atomic E-state index is 14.0. The Labute approximate surface area is 200 Å². The molecule has 2 saturated heterocycles. The molecule has 35 heavy (non-hydrogen) atoms. The number of halogens is 2. The van der Waals surface area contributed by atoms with Gasteiger partial charge in [0.25, 0.3) is 6.43 Å². The second-order valence-electron chi connectivity index (χ2n) is 8.36. The van der Waals surface area contributed by atoms with Crippen molar-refractivity contribution < 1.29 is 27.8 Å². The molecular weight excluding hydrogens is 462 g/mol. The topological polar surface area (TPSA) is 94.8 Å². The van der Waals surface area contributed by atoms with Crippen LogP contribution in [0, 0.1) is 0 Å². The number of alkyl halides is 2. The highest BCUT2D eigenvalue weighted by molar-refractivity contribution is 5.78. The Kier molecular flexibility index (Phi) is 6.73. The van der Waals surface area contributed by atoms with Gasteiger partial charge in [0.1, 0.15) is 18.5 Å². The van der Waals surface area contributed by atoms with Gasteiger partial charge in [0.15, 0.2) is 5.82 Å². The molecule has 0 radical (unpaired) electrons. The second-order valence-corrected chi connectivity index (χ2v) is 8.36. The molecule has 2 aromatic heterocycles. The lowest BCUT2D eigenvalue weighted by atomic mass is 10.3. The first-order chi connectivity index (χ1) is 17.0. The molecule has 1 aromatic carbocycles. The molecule has 1 amide bonds. The van der Waals surface area contributed by atoms with Gasteiger partial charge in [-0.15, -0.1) is 0 Å². The number of benzene rings is 1. The molecule has 1 atom stereocenters. The third-order valence-electron chi connectivity index (χ3n) is 6.04. The van der Waals surface area contributed by atoms with Crippen LogP contribution in [-0.4, -0.2) is 89.5 Å². The minimum Gasteiger partial charge on any atom is -0.472 e. The number of hydrogen-bond acceptors (Lipinski definition) is 8. The number of ether oxygens (including phenoxy) is 3. The minimum absolute atomic E-state index is 0.00959. The molecule has 0 bridgehead atoms. The van der Waals surface area contributed by atoms with E-state index in [1.165, 1.54) is 11.7 Å². The van der Waals surface area contributed by atoms with Gasteiger partial charge in [-0.05, 0) is 12.1 Å². The van der Waals surface area contributed by atoms with Crippen LogP contribution in [0.4, 0.5) is 14.7 Å². The summed E-state index contributed by atoms with van der Waals surface area (Å²) in [6, 6.07) is 8.47. The lowest BCUT2D eigenvalue weighted by molar-refractivity contribution is -0.134. The van der Waals surface area contributed by atoms with Gasteiger partial charge in [-0.2, -0.15) is 9.97 Å². The molecule has 10 nitrogen and oxygen atoms in total. The molecule has 2 aliphatic heterocycles. The number of para-hydroxylation sites is 2. The molecule has 0 N–H and O–H groups in total. The first-order valence-electron chi connectivity index (χ1n) is 11.4. The molecule has 12 heteroatoms. The molecule has 3 aromatic rings. The van der Waals surface area contributed by atoms with E-state index in [0.29, 0.717) is 62.8 Å². The molecule has 186 valence electrons. The maximum Gasteiger partial charge on any atom is 0.296 e. The van der Waals surface area contributed by atoms with E-state index in [1.807, 2.05) is 4.90 Å². The van der Waals surface area contributed by atoms with Gasteiger partial charge >= 0.3 is 0 Å². The zero-order valence-electron chi connectivity index (χ0n) is 19.3. The smallest absolute Gasteiger partial charge is 0.296 e. The second kappa shape index (κ2) is 10.1. The van der Waals surface area contributed by atoms with Crippen LogP contribution in [0.3, 0.4) is 0 Å². The van der Waals surface area contributed by atoms with Crippen molar-refractivity contribution in [2.45, 2.75) is 19.0 Å². The van der Waals surface area contributed by atoms with Crippen molar-refractivity contribution in [1.29, 1.82) is 0 Å². The average Bonchev–Trinajstić information content (AvgIpc) is 3.49. The van der Waals surface area contributed by atoms with Crippen molar-refractivity contribution in [2.24, 2.45) is 0 Å². The van der Waals surface area contributed by atoms with E-state index in [0.717, 1.165) is 0 Å². The number of aromatic nitrogens is 4. The Morgan fingerprint density at radius 1 is 1.17 bits per heavy atom. The van der Waals surface area contributed by atoms with Crippen LogP contribution in [-0.2, 0) is 14.3 Å². The Morgan fingerprint density at radius 2 is 1.97 bits per heavy atom. The number of methoxy groups -OCH3 is 1. The van der Waals surface area contributed by atoms with Gasteiger partial charge in [-0.1, -0.05) is 12.1 Å². The summed E-state index contributed by atoms with van der Waals surface area (Å²) in [6.45, 7) is 3.11. The first kappa shape index (κ1) is 23.4. The van der Waals surface area contributed by atoms with Crippen molar-refractivity contribution in [2.75, 3.05) is 58.0 Å². The Bertz CT molecular complexity index is 1200. The number of imidazole rings is 1. The van der Waals surface area contributed by atoms with Gasteiger partial charge in [0.05, 0.1) is 30.8 Å². The van der Waals surface area contributed by atoms with Crippen LogP contribution in [0.25, 0.3) is 16.9 Å². The number of hydrogen-bond donors (Lipinski definition) is 0. The zero-order chi connectivity index (χ0) is 24.4. The van der Waals surface area contributed by atoms with Crippen molar-refractivity contribution >= 4 is 22.9 Å². The van der Waals surface area contributed by atoms with E-state index >= 15 is 0 Å². The highest BCUT2D eigenvalue weighted by Crippen LogP contribution is 2.30. The summed E-state index contributed by atoms with van der Waals surface area (Å²) in [5.74, 6) is 0.346. The number of anilines is 1. The SMILES string of the molecule is COCC(=O)N1CC[C@H](Oc2cc(-n3c(C(F)F)nc4ccccc43)nc(N3CCOCC3)n2)C1. The molecule has 5 rings (SSSR count). The van der Waals surface area contributed by atoms with E-state index in [2.05, 4.69) is 15.0 Å². The van der Waals surface area contributed by atoms with Crippen molar-refractivity contribution in [1.82, 2.24) is 24.4 Å². The maximum atomic E-state index is 14.0. The molecule has 0 spiro atoms. The molecule has 2 aliphatic rings. The standard InChI is InChI=1S/C23H26F2N6O4/c1-33-14-20(32)30-7-6-15(13-30)35-19-12-18(27-23(28-19)29-8-10-34-11-9-29)31-17-5-3-2-4-16(17)26-22(31)21(24)25/h2-5,12,15,21H,6-11,13-14H2,1H3/t15-/m0/s1. The van der Waals surface area contributed by atoms with E-state index < -0.39 is 12.2 Å². The number of morpholine rings is 1. The predicted octanol–water partition coefficient (Wildman–Crippen LogP) is 2.22. The Hall–Kier alpha value is -3.38. The van der Waals surface area contributed by atoms with Crippen LogP contribution in [0.1, 0.15) is 18.7 Å². The van der Waals surface area contributed by atoms with Crippen molar-refractivity contribution in [3.05, 3.63) is 36.2 Å². The van der Waals surface area contributed by atoms with Crippen LogP contribution >= 0.6 is 0 Å². The number of carbonyl (C=O) groups is 1. The quantitative estimate of drug-likeness (QED) is 0.500. The summed E-state index contributed by atoms with van der Waals surface area (Å²) in [5.41, 5.74) is 0.956. The summed E-state index contributed by atoms with van der Waals surface area (Å²) < 4.78 is 45.8. The van der Waals surface area contributed by atoms with Gasteiger partial charge in [0.2, 0.25) is 17.7 Å². The molecule has 2 fully saturated rings. The summed E-state index contributed by atoms with van der Waals surface area (Å²) in [4.78, 5) is 29.1. The third kappa shape index (κ3) is 4.89. The largest absolute Gasteiger partial charge is 0.472 e. The highest BCUT2D eigenvalue weighted by atomic mass is 19.3. The van der Waals surface area contributed by atoms with E-state index in [1.54, 1.807) is 35.2 Å². The van der Waals surface area contributed by atoms with E-state index in [-0.39, 0.29) is 30.3 Å². The predicted molar refractivity (Wildman–Crippen MR) is 122 cm³/mol. The van der Waals surface area contributed by atoms with Gasteiger partial charge in [-0.25, -0.2) is 13.8 Å². The monoisotopic (exact) mass is 488 g/mol. The third-order valence-corrected chi connectivity index (χ3v) is 6.04. The first-order valence-corrected chi connectivity index (χ1v) is 11.4. The van der Waals surface area contributed by atoms with Crippen molar-refractivity contribution in [3.63, 3.8) is 0 Å². The number of carbonyl (C=O) groups excluding carboxylic acids is 1. The fourth-order valence-corrected chi connectivity index (χ4v) is 4.35. The van der Waals surface area contributed by atoms with Gasteiger partial charge in [-0.3, -0.25) is 9.36 Å². The Balaban J connectivity index is 1.52. The average molecular weight is 488 g/mol. The molecule has 0 saturated carbocycles. The zero-order valence-corrected chi connectivity index (χ0v) is 19.3. The number of likely N-dealkylation sites (tertiary alicyclic amines) is 1. The lowest BCUT2D eigenvalue weighted by Gasteiger charge is -2.27. The Morgan fingerprint density at radius 3 is 2.74 bits per heavy atom. The fourth-order valence-electron chi connectivity index (χ4n) is 4.35. The van der Waals surface area contributed by atoms with Gasteiger partial charge in [0, 0.05) is 39.2 Å².